The van der Waals surface area contributed by atoms with Crippen molar-refractivity contribution in [2.75, 3.05) is 13.1 Å². The van der Waals surface area contributed by atoms with Gasteiger partial charge in [-0.15, -0.1) is 12.4 Å². The fourth-order valence-corrected chi connectivity index (χ4v) is 3.68. The minimum Gasteiger partial charge on any atom is -0.342 e. The molecule has 3 unspecified atom stereocenters. The van der Waals surface area contributed by atoms with E-state index in [1.165, 1.54) is 12.1 Å². The van der Waals surface area contributed by atoms with Gasteiger partial charge in [-0.1, -0.05) is 17.7 Å². The first-order chi connectivity index (χ1) is 9.54. The van der Waals surface area contributed by atoms with Gasteiger partial charge in [-0.25, -0.2) is 4.39 Å². The first kappa shape index (κ1) is 16.5. The van der Waals surface area contributed by atoms with Gasteiger partial charge < -0.3 is 10.6 Å². The number of nitrogens with two attached hydrogens (primary N) is 1. The number of amides is 1. The van der Waals surface area contributed by atoms with E-state index >= 15 is 0 Å². The van der Waals surface area contributed by atoms with Crippen molar-refractivity contribution in [2.45, 2.75) is 25.3 Å². The maximum absolute atomic E-state index is 13.0. The Morgan fingerprint density at radius 2 is 2.14 bits per heavy atom. The molecule has 1 aromatic carbocycles. The lowest BCUT2D eigenvalue weighted by molar-refractivity contribution is -0.129. The summed E-state index contributed by atoms with van der Waals surface area (Å²) in [7, 11) is 0. The van der Waals surface area contributed by atoms with Crippen LogP contribution < -0.4 is 5.73 Å². The average molecular weight is 333 g/mol. The second-order valence-electron chi connectivity index (χ2n) is 5.88. The third kappa shape index (κ3) is 3.33. The molecule has 2 fully saturated rings. The Balaban J connectivity index is 0.00000161. The minimum absolute atomic E-state index is 0. The molecule has 3 nitrogen and oxygen atoms in total. The molecule has 0 spiro atoms. The van der Waals surface area contributed by atoms with Crippen LogP contribution in [0.3, 0.4) is 0 Å². The SMILES string of the molecule is Cl.NC1CCC2CN(C(=O)Cc3ccc(F)cc3Cl)CC12. The second kappa shape index (κ2) is 6.51. The van der Waals surface area contributed by atoms with E-state index in [-0.39, 0.29) is 36.6 Å². The van der Waals surface area contributed by atoms with Gasteiger partial charge in [0.2, 0.25) is 5.91 Å². The summed E-state index contributed by atoms with van der Waals surface area (Å²) in [6.07, 6.45) is 2.42. The molecule has 0 aromatic heterocycles. The lowest BCUT2D eigenvalue weighted by Crippen LogP contribution is -2.34. The number of carbonyl (C=O) groups is 1. The van der Waals surface area contributed by atoms with Crippen LogP contribution in [0.15, 0.2) is 18.2 Å². The molecule has 116 valence electrons. The number of carbonyl (C=O) groups excluding carboxylic acids is 1. The Morgan fingerprint density at radius 3 is 2.81 bits per heavy atom. The van der Waals surface area contributed by atoms with Gasteiger partial charge in [0.25, 0.3) is 0 Å². The Hall–Kier alpha value is -0.840. The maximum atomic E-state index is 13.0. The van der Waals surface area contributed by atoms with Crippen LogP contribution in [-0.4, -0.2) is 29.9 Å². The lowest BCUT2D eigenvalue weighted by Gasteiger charge is -2.19. The van der Waals surface area contributed by atoms with Gasteiger partial charge in [0.15, 0.2) is 0 Å². The molecule has 3 atom stereocenters. The topological polar surface area (TPSA) is 46.3 Å². The quantitative estimate of drug-likeness (QED) is 0.904. The molecular weight excluding hydrogens is 314 g/mol. The number of hydrogen-bond donors (Lipinski definition) is 1. The van der Waals surface area contributed by atoms with Gasteiger partial charge in [0.05, 0.1) is 6.42 Å². The third-order valence-corrected chi connectivity index (χ3v) is 4.97. The molecule has 1 saturated carbocycles. The van der Waals surface area contributed by atoms with Crippen molar-refractivity contribution in [3.63, 3.8) is 0 Å². The zero-order valence-electron chi connectivity index (χ0n) is 11.6. The van der Waals surface area contributed by atoms with Crippen LogP contribution in [-0.2, 0) is 11.2 Å². The van der Waals surface area contributed by atoms with Crippen molar-refractivity contribution in [3.05, 3.63) is 34.6 Å². The normalized spacial score (nSPS) is 27.4. The Morgan fingerprint density at radius 1 is 1.38 bits per heavy atom. The first-order valence-corrected chi connectivity index (χ1v) is 7.39. The minimum atomic E-state index is -0.382. The predicted molar refractivity (Wildman–Crippen MR) is 83.1 cm³/mol. The largest absolute Gasteiger partial charge is 0.342 e. The van der Waals surface area contributed by atoms with E-state index in [4.69, 9.17) is 17.3 Å². The molecule has 1 aliphatic heterocycles. The standard InChI is InChI=1S/C15H18ClFN2O.ClH/c16-13-6-11(17)3-1-9(13)5-15(20)19-7-10-2-4-14(18)12(10)8-19;/h1,3,6,10,12,14H,2,4-5,7-8,18H2;1H. The van der Waals surface area contributed by atoms with E-state index in [1.54, 1.807) is 6.07 Å². The molecule has 1 aromatic rings. The summed E-state index contributed by atoms with van der Waals surface area (Å²) in [4.78, 5) is 14.2. The van der Waals surface area contributed by atoms with Crippen molar-refractivity contribution in [2.24, 2.45) is 17.6 Å². The number of likely N-dealkylation sites (tertiary alicyclic amines) is 1. The summed E-state index contributed by atoms with van der Waals surface area (Å²) in [5.41, 5.74) is 6.75. The number of hydrogen-bond acceptors (Lipinski definition) is 2. The van der Waals surface area contributed by atoms with E-state index in [2.05, 4.69) is 0 Å². The molecule has 2 aliphatic rings. The van der Waals surface area contributed by atoms with Crippen molar-refractivity contribution in [1.29, 1.82) is 0 Å². The van der Waals surface area contributed by atoms with Crippen molar-refractivity contribution >= 4 is 29.9 Å². The fraction of sp³-hybridized carbons (Fsp3) is 0.533. The molecule has 3 rings (SSSR count). The van der Waals surface area contributed by atoms with E-state index in [0.29, 0.717) is 22.4 Å². The van der Waals surface area contributed by atoms with E-state index in [0.717, 1.165) is 25.9 Å². The predicted octanol–water partition coefficient (Wildman–Crippen LogP) is 2.64. The zero-order chi connectivity index (χ0) is 14.3. The Labute approximate surface area is 135 Å². The number of rotatable bonds is 2. The molecular formula is C15H19Cl2FN2O. The van der Waals surface area contributed by atoms with Gasteiger partial charge in [0, 0.05) is 24.2 Å². The van der Waals surface area contributed by atoms with E-state index < -0.39 is 0 Å². The summed E-state index contributed by atoms with van der Waals surface area (Å²) in [6, 6.07) is 4.40. The number of fused-ring (bicyclic) bond motifs is 1. The summed E-state index contributed by atoms with van der Waals surface area (Å²) in [5, 5.41) is 0.314. The monoisotopic (exact) mass is 332 g/mol. The number of benzene rings is 1. The Kier molecular flexibility index (Phi) is 5.12. The van der Waals surface area contributed by atoms with Gasteiger partial charge in [0.1, 0.15) is 5.82 Å². The van der Waals surface area contributed by atoms with Crippen LogP contribution in [0.5, 0.6) is 0 Å². The molecule has 2 N–H and O–H groups in total. The van der Waals surface area contributed by atoms with Gasteiger partial charge in [-0.2, -0.15) is 0 Å². The molecule has 0 bridgehead atoms. The highest BCUT2D eigenvalue weighted by Crippen LogP contribution is 2.37. The first-order valence-electron chi connectivity index (χ1n) is 7.02. The molecule has 1 aliphatic carbocycles. The van der Waals surface area contributed by atoms with Gasteiger partial charge >= 0.3 is 0 Å². The van der Waals surface area contributed by atoms with E-state index in [1.807, 2.05) is 4.90 Å². The highest BCUT2D eigenvalue weighted by molar-refractivity contribution is 6.31. The van der Waals surface area contributed by atoms with Crippen LogP contribution in [0.1, 0.15) is 18.4 Å². The van der Waals surface area contributed by atoms with Crippen LogP contribution in [0.25, 0.3) is 0 Å². The lowest BCUT2D eigenvalue weighted by atomic mass is 9.98. The summed E-state index contributed by atoms with van der Waals surface area (Å²) in [5.74, 6) is 0.674. The van der Waals surface area contributed by atoms with Gasteiger partial charge in [-0.05, 0) is 42.4 Å². The average Bonchev–Trinajstić information content (AvgIpc) is 2.96. The van der Waals surface area contributed by atoms with Crippen LogP contribution in [0.2, 0.25) is 5.02 Å². The Bertz CT molecular complexity index is 540. The highest BCUT2D eigenvalue weighted by atomic mass is 35.5. The van der Waals surface area contributed by atoms with Crippen LogP contribution in [0.4, 0.5) is 4.39 Å². The summed E-state index contributed by atoms with van der Waals surface area (Å²) >= 11 is 5.97. The van der Waals surface area contributed by atoms with Gasteiger partial charge in [-0.3, -0.25) is 4.79 Å². The summed E-state index contributed by atoms with van der Waals surface area (Å²) in [6.45, 7) is 1.56. The number of nitrogens with zero attached hydrogens (tertiary/aromatic N) is 1. The molecule has 1 heterocycles. The third-order valence-electron chi connectivity index (χ3n) is 4.62. The maximum Gasteiger partial charge on any atom is 0.227 e. The van der Waals surface area contributed by atoms with Crippen molar-refractivity contribution in [1.82, 2.24) is 4.90 Å². The molecule has 1 saturated heterocycles. The van der Waals surface area contributed by atoms with Crippen LogP contribution >= 0.6 is 24.0 Å². The smallest absolute Gasteiger partial charge is 0.227 e. The fourth-order valence-electron chi connectivity index (χ4n) is 3.45. The van der Waals surface area contributed by atoms with E-state index in [9.17, 15) is 9.18 Å². The molecule has 6 heteroatoms. The molecule has 21 heavy (non-hydrogen) atoms. The second-order valence-corrected chi connectivity index (χ2v) is 6.28. The van der Waals surface area contributed by atoms with Crippen molar-refractivity contribution < 1.29 is 9.18 Å². The molecule has 1 amide bonds. The number of halogens is 3. The zero-order valence-corrected chi connectivity index (χ0v) is 13.2. The molecule has 0 radical (unpaired) electrons. The highest BCUT2D eigenvalue weighted by Gasteiger charge is 2.42. The van der Waals surface area contributed by atoms with Crippen molar-refractivity contribution in [3.8, 4) is 0 Å². The van der Waals surface area contributed by atoms with Crippen LogP contribution in [0, 0.1) is 17.7 Å². The summed E-state index contributed by atoms with van der Waals surface area (Å²) < 4.78 is 13.0.